The Kier molecular flexibility index (Phi) is 3.86. The molecule has 3 heterocycles. The fraction of sp³-hybridized carbons (Fsp3) is 0.409. The van der Waals surface area contributed by atoms with Gasteiger partial charge in [-0.25, -0.2) is 13.2 Å². The highest BCUT2D eigenvalue weighted by atomic mass is 19.1. The van der Waals surface area contributed by atoms with Gasteiger partial charge in [0, 0.05) is 43.0 Å². The number of halogens is 3. The Hall–Kier alpha value is -3.30. The zero-order valence-electron chi connectivity index (χ0n) is 16.6. The average molecular weight is 445 g/mol. The Labute approximate surface area is 179 Å². The van der Waals surface area contributed by atoms with E-state index in [1.165, 1.54) is 10.8 Å². The van der Waals surface area contributed by atoms with Gasteiger partial charge < -0.3 is 19.9 Å². The molecule has 1 aromatic carbocycles. The van der Waals surface area contributed by atoms with Crippen molar-refractivity contribution in [2.75, 3.05) is 0 Å². The SMILES string of the molecule is O=C(NCc1c(F)cc(F)cc1F)c1cn2c(c(O)c1=O)C(=O)N1C3C[C@@H]([C@@H]4C[C@H]34)[C@@H]1C2. The molecule has 0 radical (unpaired) electrons. The van der Waals surface area contributed by atoms with Gasteiger partial charge in [-0.3, -0.25) is 14.4 Å². The van der Waals surface area contributed by atoms with Crippen LogP contribution >= 0.6 is 0 Å². The van der Waals surface area contributed by atoms with Crippen molar-refractivity contribution >= 4 is 11.8 Å². The van der Waals surface area contributed by atoms with E-state index in [-0.39, 0.29) is 17.8 Å². The molecule has 10 heteroatoms. The predicted molar refractivity (Wildman–Crippen MR) is 103 cm³/mol. The molecule has 4 aliphatic rings. The maximum absolute atomic E-state index is 13.8. The Balaban J connectivity index is 1.30. The summed E-state index contributed by atoms with van der Waals surface area (Å²) in [6.45, 7) is -0.262. The number of amides is 2. The van der Waals surface area contributed by atoms with Crippen LogP contribution in [0.1, 0.15) is 39.3 Å². The van der Waals surface area contributed by atoms with Crippen molar-refractivity contribution < 1.29 is 27.9 Å². The Morgan fingerprint density at radius 1 is 1.06 bits per heavy atom. The van der Waals surface area contributed by atoms with Gasteiger partial charge in [0.15, 0.2) is 11.4 Å². The number of benzene rings is 1. The summed E-state index contributed by atoms with van der Waals surface area (Å²) in [4.78, 5) is 40.2. The van der Waals surface area contributed by atoms with Gasteiger partial charge in [0.05, 0.1) is 6.04 Å². The number of aromatic nitrogens is 1. The molecular formula is C22H18F3N3O4. The van der Waals surface area contributed by atoms with Crippen LogP contribution in [0.2, 0.25) is 0 Å². The first-order valence-corrected chi connectivity index (χ1v) is 10.5. The zero-order chi connectivity index (χ0) is 22.5. The third kappa shape index (κ3) is 2.52. The fourth-order valence-electron chi connectivity index (χ4n) is 6.05. The van der Waals surface area contributed by atoms with Crippen molar-refractivity contribution in [3.05, 3.63) is 62.8 Å². The van der Waals surface area contributed by atoms with Crippen LogP contribution in [0.15, 0.2) is 23.1 Å². The fourth-order valence-corrected chi connectivity index (χ4v) is 6.05. The average Bonchev–Trinajstić information content (AvgIpc) is 3.34. The number of aromatic hydroxyl groups is 1. The summed E-state index contributed by atoms with van der Waals surface area (Å²) in [7, 11) is 0. The molecule has 7 nitrogen and oxygen atoms in total. The summed E-state index contributed by atoms with van der Waals surface area (Å²) < 4.78 is 42.2. The van der Waals surface area contributed by atoms with Crippen LogP contribution in [0, 0.1) is 35.2 Å². The number of carbonyl (C=O) groups is 2. The van der Waals surface area contributed by atoms with Crippen LogP contribution in [-0.4, -0.2) is 38.5 Å². The van der Waals surface area contributed by atoms with Crippen LogP contribution in [0.3, 0.4) is 0 Å². The first-order chi connectivity index (χ1) is 15.3. The van der Waals surface area contributed by atoms with E-state index in [1.807, 2.05) is 0 Å². The van der Waals surface area contributed by atoms with Crippen LogP contribution in [0.4, 0.5) is 13.2 Å². The molecule has 2 saturated carbocycles. The lowest BCUT2D eigenvalue weighted by Gasteiger charge is -2.40. The molecule has 0 spiro atoms. The van der Waals surface area contributed by atoms with Gasteiger partial charge in [0.2, 0.25) is 5.43 Å². The molecule has 2 aromatic rings. The lowest BCUT2D eigenvalue weighted by Crippen LogP contribution is -2.53. The monoisotopic (exact) mass is 445 g/mol. The smallest absolute Gasteiger partial charge is 0.275 e. The van der Waals surface area contributed by atoms with Crippen LogP contribution in [-0.2, 0) is 13.1 Å². The molecule has 6 rings (SSSR count). The summed E-state index contributed by atoms with van der Waals surface area (Å²) in [5.74, 6) is -4.11. The van der Waals surface area contributed by atoms with Gasteiger partial charge in [0.1, 0.15) is 23.0 Å². The highest BCUT2D eigenvalue weighted by molar-refractivity contribution is 5.99. The maximum atomic E-state index is 13.8. The topological polar surface area (TPSA) is 91.6 Å². The summed E-state index contributed by atoms with van der Waals surface area (Å²) >= 11 is 0. The summed E-state index contributed by atoms with van der Waals surface area (Å²) in [5.41, 5.74) is -2.17. The molecule has 2 aliphatic heterocycles. The van der Waals surface area contributed by atoms with E-state index in [0.717, 1.165) is 12.8 Å². The van der Waals surface area contributed by atoms with Crippen molar-refractivity contribution in [2.24, 2.45) is 17.8 Å². The first kappa shape index (κ1) is 19.4. The predicted octanol–water partition coefficient (Wildman–Crippen LogP) is 1.76. The van der Waals surface area contributed by atoms with Gasteiger partial charge in [-0.15, -0.1) is 0 Å². The van der Waals surface area contributed by atoms with Crippen molar-refractivity contribution in [3.8, 4) is 5.75 Å². The number of carbonyl (C=O) groups excluding carboxylic acids is 2. The molecule has 1 aromatic heterocycles. The molecule has 2 N–H and O–H groups in total. The minimum atomic E-state index is -1.17. The van der Waals surface area contributed by atoms with E-state index in [4.69, 9.17) is 0 Å². The molecular weight excluding hydrogens is 427 g/mol. The Morgan fingerprint density at radius 2 is 1.75 bits per heavy atom. The summed E-state index contributed by atoms with van der Waals surface area (Å²) in [6, 6.07) is 1.08. The van der Waals surface area contributed by atoms with Crippen LogP contribution < -0.4 is 10.7 Å². The second kappa shape index (κ2) is 6.36. The van der Waals surface area contributed by atoms with E-state index in [1.54, 1.807) is 4.90 Å². The Bertz CT molecular complexity index is 1250. The number of piperidine rings is 1. The molecule has 1 unspecified atom stereocenters. The number of rotatable bonds is 3. The first-order valence-electron chi connectivity index (χ1n) is 10.5. The third-order valence-electron chi connectivity index (χ3n) is 7.51. The van der Waals surface area contributed by atoms with Crippen molar-refractivity contribution in [1.82, 2.24) is 14.8 Å². The standard InChI is InChI=1S/C22H18F3N3O4/c23-8-1-14(24)12(15(25)2-8)5-26-21(31)13-6-27-7-17-11-4-16(10-3-9(10)11)28(17)22(32)18(27)20(30)19(13)29/h1-2,6,9-11,16-17,30H,3-5,7H2,(H,26,31)/t9-,10+,11+,16?,17+/m1/s1. The van der Waals surface area contributed by atoms with Gasteiger partial charge in [-0.2, -0.15) is 0 Å². The lowest BCUT2D eigenvalue weighted by molar-refractivity contribution is 0.0465. The zero-order valence-corrected chi connectivity index (χ0v) is 16.6. The number of nitrogens with one attached hydrogen (secondary N) is 1. The Morgan fingerprint density at radius 3 is 2.47 bits per heavy atom. The normalized spacial score (nSPS) is 28.9. The number of nitrogens with zero attached hydrogens (tertiary/aromatic N) is 2. The van der Waals surface area contributed by atoms with E-state index in [0.29, 0.717) is 36.4 Å². The molecule has 1 saturated heterocycles. The minimum Gasteiger partial charge on any atom is -0.503 e. The number of pyridine rings is 1. The molecule has 166 valence electrons. The molecule has 3 fully saturated rings. The quantitative estimate of drug-likeness (QED) is 0.754. The second-order valence-corrected chi connectivity index (χ2v) is 9.06. The van der Waals surface area contributed by atoms with E-state index >= 15 is 0 Å². The van der Waals surface area contributed by atoms with Crippen molar-refractivity contribution in [2.45, 2.75) is 38.0 Å². The second-order valence-electron chi connectivity index (χ2n) is 9.06. The maximum Gasteiger partial charge on any atom is 0.275 e. The minimum absolute atomic E-state index is 0.0380. The van der Waals surface area contributed by atoms with Gasteiger partial charge in [0.25, 0.3) is 11.8 Å². The lowest BCUT2D eigenvalue weighted by atomic mass is 9.94. The summed E-state index contributed by atoms with van der Waals surface area (Å²) in [6.07, 6.45) is 3.24. The van der Waals surface area contributed by atoms with Gasteiger partial charge in [-0.1, -0.05) is 0 Å². The van der Waals surface area contributed by atoms with E-state index in [2.05, 4.69) is 5.32 Å². The molecule has 2 amide bonds. The van der Waals surface area contributed by atoms with E-state index in [9.17, 15) is 32.7 Å². The number of fused-ring (bicyclic) bond motifs is 9. The molecule has 2 bridgehead atoms. The third-order valence-corrected chi connectivity index (χ3v) is 7.51. The van der Waals surface area contributed by atoms with Gasteiger partial charge >= 0.3 is 0 Å². The molecule has 5 atom stereocenters. The summed E-state index contributed by atoms with van der Waals surface area (Å²) in [5, 5.41) is 12.7. The number of hydrogen-bond donors (Lipinski definition) is 2. The van der Waals surface area contributed by atoms with Crippen LogP contribution in [0.25, 0.3) is 0 Å². The van der Waals surface area contributed by atoms with Crippen molar-refractivity contribution in [3.63, 3.8) is 0 Å². The molecule has 32 heavy (non-hydrogen) atoms. The van der Waals surface area contributed by atoms with Crippen molar-refractivity contribution in [1.29, 1.82) is 0 Å². The highest BCUT2D eigenvalue weighted by Crippen LogP contribution is 2.64. The number of hydrogen-bond acceptors (Lipinski definition) is 4. The molecule has 2 aliphatic carbocycles. The highest BCUT2D eigenvalue weighted by Gasteiger charge is 2.66. The largest absolute Gasteiger partial charge is 0.503 e. The van der Waals surface area contributed by atoms with Crippen LogP contribution in [0.5, 0.6) is 5.75 Å². The van der Waals surface area contributed by atoms with Gasteiger partial charge in [-0.05, 0) is 30.6 Å². The van der Waals surface area contributed by atoms with E-state index < -0.39 is 58.1 Å².